The van der Waals surface area contributed by atoms with Gasteiger partial charge in [-0.05, 0) is 0 Å². The summed E-state index contributed by atoms with van der Waals surface area (Å²) >= 11 is 0. The van der Waals surface area contributed by atoms with Crippen LogP contribution in [-0.2, 0) is 19.4 Å². The normalized spacial score (nSPS) is 12.5. The highest BCUT2D eigenvalue weighted by Crippen LogP contribution is 1.99. The zero-order valence-corrected chi connectivity index (χ0v) is 6.33. The van der Waals surface area contributed by atoms with Crippen molar-refractivity contribution in [1.29, 1.82) is 0 Å². The zero-order valence-electron chi connectivity index (χ0n) is 5.51. The van der Waals surface area contributed by atoms with Gasteiger partial charge in [-0.2, -0.15) is 9.98 Å². The average molecular weight is 176 g/mol. The van der Waals surface area contributed by atoms with E-state index in [1.807, 2.05) is 0 Å². The average Bonchev–Trinajstić information content (AvgIpc) is 1.85. The molecule has 0 aliphatic rings. The van der Waals surface area contributed by atoms with Gasteiger partial charge in [-0.3, -0.25) is 0 Å². The lowest BCUT2D eigenvalue weighted by molar-refractivity contribution is 0.552. The molecule has 0 saturated heterocycles. The van der Waals surface area contributed by atoms with E-state index in [0.717, 1.165) is 18.4 Å². The third-order valence-electron chi connectivity index (χ3n) is 0.709. The summed E-state index contributed by atoms with van der Waals surface area (Å²) in [5.74, 6) is 0. The lowest BCUT2D eigenvalue weighted by atomic mass is 11.1. The summed E-state index contributed by atoms with van der Waals surface area (Å²) in [7, 11) is -3.65. The molecule has 0 rings (SSSR count). The fourth-order valence-corrected chi connectivity index (χ4v) is 0.780. The molecule has 0 bridgehead atoms. The van der Waals surface area contributed by atoms with E-state index in [9.17, 15) is 18.0 Å². The maximum atomic E-state index is 10.6. The molecule has 0 aliphatic heterocycles. The lowest BCUT2D eigenvalue weighted by Gasteiger charge is -1.96. The van der Waals surface area contributed by atoms with Crippen LogP contribution in [0, 0.1) is 0 Å². The van der Waals surface area contributed by atoms with Crippen molar-refractivity contribution in [2.45, 2.75) is 5.50 Å². The highest BCUT2D eigenvalue weighted by Gasteiger charge is 2.17. The van der Waals surface area contributed by atoms with E-state index < -0.39 is 15.3 Å². The van der Waals surface area contributed by atoms with Crippen LogP contribution in [0.1, 0.15) is 0 Å². The second-order valence-electron chi connectivity index (χ2n) is 1.60. The van der Waals surface area contributed by atoms with Crippen molar-refractivity contribution in [1.82, 2.24) is 0 Å². The van der Waals surface area contributed by atoms with Gasteiger partial charge in [0.05, 0.1) is 0 Å². The Morgan fingerprint density at radius 2 is 1.55 bits per heavy atom. The summed E-state index contributed by atoms with van der Waals surface area (Å²) in [6.07, 6.45) is 2.76. The number of hydrogen-bond acceptors (Lipinski definition) is 6. The molecule has 0 fully saturated rings. The van der Waals surface area contributed by atoms with Gasteiger partial charge in [0.1, 0.15) is 0 Å². The third-order valence-corrected chi connectivity index (χ3v) is 1.69. The standard InChI is InChI=1S/C4H4N2O4S/c1-11(9,10)4(5-2-7)6-3-8/h4H,1H3. The third kappa shape index (κ3) is 3.42. The Kier molecular flexibility index (Phi) is 3.33. The minimum atomic E-state index is -3.65. The molecule has 0 spiro atoms. The summed E-state index contributed by atoms with van der Waals surface area (Å²) in [6.45, 7) is 0. The van der Waals surface area contributed by atoms with Gasteiger partial charge in [-0.25, -0.2) is 18.0 Å². The Bertz CT molecular complexity index is 302. The molecule has 0 heterocycles. The lowest BCUT2D eigenvalue weighted by Crippen LogP contribution is -2.14. The van der Waals surface area contributed by atoms with E-state index in [-0.39, 0.29) is 0 Å². The summed E-state index contributed by atoms with van der Waals surface area (Å²) in [5.41, 5.74) is -1.70. The van der Waals surface area contributed by atoms with Gasteiger partial charge in [0, 0.05) is 6.26 Å². The van der Waals surface area contributed by atoms with Crippen molar-refractivity contribution in [2.24, 2.45) is 9.98 Å². The first kappa shape index (κ1) is 9.71. The molecule has 0 saturated carbocycles. The molecule has 0 radical (unpaired) electrons. The Morgan fingerprint density at radius 1 is 1.18 bits per heavy atom. The summed E-state index contributed by atoms with van der Waals surface area (Å²) in [6, 6.07) is 0. The Balaban J connectivity index is 4.91. The van der Waals surface area contributed by atoms with Crippen LogP contribution in [0.2, 0.25) is 0 Å². The SMILES string of the molecule is CS(=O)(=O)C(N=C=O)N=C=O. The minimum Gasteiger partial charge on any atom is -0.225 e. The Hall–Kier alpha value is -1.29. The molecule has 0 unspecified atom stereocenters. The Morgan fingerprint density at radius 3 is 1.73 bits per heavy atom. The number of hydrogen-bond donors (Lipinski definition) is 0. The van der Waals surface area contributed by atoms with E-state index in [1.54, 1.807) is 0 Å². The topological polar surface area (TPSA) is 93.0 Å². The van der Waals surface area contributed by atoms with Crippen LogP contribution in [0.4, 0.5) is 0 Å². The largest absolute Gasteiger partial charge is 0.263 e. The van der Waals surface area contributed by atoms with Crippen LogP contribution >= 0.6 is 0 Å². The van der Waals surface area contributed by atoms with Crippen molar-refractivity contribution in [3.63, 3.8) is 0 Å². The van der Waals surface area contributed by atoms with Crippen LogP contribution in [-0.4, -0.2) is 32.3 Å². The molecule has 0 aromatic carbocycles. The first-order valence-corrected chi connectivity index (χ1v) is 4.30. The van der Waals surface area contributed by atoms with Gasteiger partial charge in [-0.15, -0.1) is 0 Å². The van der Waals surface area contributed by atoms with Crippen LogP contribution in [0.3, 0.4) is 0 Å². The quantitative estimate of drug-likeness (QED) is 0.406. The molecule has 0 amide bonds. The van der Waals surface area contributed by atoms with Crippen molar-refractivity contribution < 1.29 is 18.0 Å². The van der Waals surface area contributed by atoms with E-state index in [4.69, 9.17) is 0 Å². The van der Waals surface area contributed by atoms with Gasteiger partial charge in [0.15, 0.2) is 9.84 Å². The summed E-state index contributed by atoms with van der Waals surface area (Å²) in [4.78, 5) is 24.7. The maximum absolute atomic E-state index is 10.6. The second kappa shape index (κ2) is 3.78. The fourth-order valence-electron chi connectivity index (χ4n) is 0.311. The predicted molar refractivity (Wildman–Crippen MR) is 34.9 cm³/mol. The van der Waals surface area contributed by atoms with Gasteiger partial charge >= 0.3 is 0 Å². The van der Waals surface area contributed by atoms with Crippen LogP contribution in [0.5, 0.6) is 0 Å². The summed E-state index contributed by atoms with van der Waals surface area (Å²) < 4.78 is 21.1. The highest BCUT2D eigenvalue weighted by atomic mass is 32.2. The van der Waals surface area contributed by atoms with Gasteiger partial charge in [-0.1, -0.05) is 0 Å². The molecular formula is C4H4N2O4S. The van der Waals surface area contributed by atoms with Crippen molar-refractivity contribution >= 4 is 22.0 Å². The maximum Gasteiger partial charge on any atom is 0.263 e. The number of carbonyl (C=O) groups excluding carboxylic acids is 2. The molecule has 0 aliphatic carbocycles. The number of nitrogens with zero attached hydrogens (tertiary/aromatic N) is 2. The van der Waals surface area contributed by atoms with Crippen molar-refractivity contribution in [3.05, 3.63) is 0 Å². The molecule has 0 atom stereocenters. The molecule has 0 aromatic heterocycles. The molecule has 11 heavy (non-hydrogen) atoms. The molecule has 0 aromatic rings. The number of isocyanates is 2. The van der Waals surface area contributed by atoms with Gasteiger partial charge in [0.2, 0.25) is 12.2 Å². The monoisotopic (exact) mass is 176 g/mol. The highest BCUT2D eigenvalue weighted by molar-refractivity contribution is 7.91. The second-order valence-corrected chi connectivity index (χ2v) is 3.68. The summed E-state index contributed by atoms with van der Waals surface area (Å²) in [5, 5.41) is 0. The van der Waals surface area contributed by atoms with Gasteiger partial charge in [0.25, 0.3) is 5.50 Å². The van der Waals surface area contributed by atoms with E-state index >= 15 is 0 Å². The zero-order chi connectivity index (χ0) is 8.91. The molecular weight excluding hydrogens is 172 g/mol. The molecule has 0 N–H and O–H groups in total. The van der Waals surface area contributed by atoms with Crippen LogP contribution < -0.4 is 0 Å². The van der Waals surface area contributed by atoms with E-state index in [1.165, 1.54) is 0 Å². The van der Waals surface area contributed by atoms with Gasteiger partial charge < -0.3 is 0 Å². The van der Waals surface area contributed by atoms with Crippen molar-refractivity contribution in [3.8, 4) is 0 Å². The van der Waals surface area contributed by atoms with Crippen LogP contribution in [0.15, 0.2) is 9.98 Å². The number of sulfone groups is 1. The Labute approximate surface area is 62.6 Å². The number of rotatable bonds is 3. The molecule has 7 heteroatoms. The predicted octanol–water partition coefficient (Wildman–Crippen LogP) is -1.01. The smallest absolute Gasteiger partial charge is 0.225 e. The number of aliphatic imine (C=N–C) groups is 2. The fraction of sp³-hybridized carbons (Fsp3) is 0.500. The van der Waals surface area contributed by atoms with E-state index in [2.05, 4.69) is 9.98 Å². The molecule has 6 nitrogen and oxygen atoms in total. The van der Waals surface area contributed by atoms with Crippen LogP contribution in [0.25, 0.3) is 0 Å². The minimum absolute atomic E-state index is 0.791. The first-order valence-electron chi connectivity index (χ1n) is 2.35. The first-order chi connectivity index (χ1) is 5.02. The van der Waals surface area contributed by atoms with E-state index in [0.29, 0.717) is 0 Å². The van der Waals surface area contributed by atoms with Crippen molar-refractivity contribution in [2.75, 3.05) is 6.26 Å². The molecule has 60 valence electrons.